The number of allylic oxidation sites excluding steroid dienone is 1. The second-order valence-electron chi connectivity index (χ2n) is 6.46. The first kappa shape index (κ1) is 13.6. The third-order valence-corrected chi connectivity index (χ3v) is 5.12. The molecule has 5 nitrogen and oxygen atoms in total. The van der Waals surface area contributed by atoms with Crippen molar-refractivity contribution in [3.63, 3.8) is 0 Å². The number of carbonyl (C=O) groups is 2. The number of hydrogen-bond donors (Lipinski definition) is 1. The molecule has 116 valence electrons. The zero-order valence-electron chi connectivity index (χ0n) is 12.5. The molecular formula is C17H19NO4. The predicted octanol–water partition coefficient (Wildman–Crippen LogP) is 1.96. The van der Waals surface area contributed by atoms with Gasteiger partial charge in [0, 0.05) is 17.6 Å². The lowest BCUT2D eigenvalue weighted by atomic mass is 9.89. The molecule has 22 heavy (non-hydrogen) atoms. The van der Waals surface area contributed by atoms with Gasteiger partial charge in [-0.2, -0.15) is 0 Å². The number of esters is 1. The molecule has 4 aliphatic rings. The van der Waals surface area contributed by atoms with Gasteiger partial charge in [-0.15, -0.1) is 0 Å². The van der Waals surface area contributed by atoms with E-state index in [2.05, 4.69) is 11.4 Å². The zero-order valence-corrected chi connectivity index (χ0v) is 12.5. The average molecular weight is 301 g/mol. The number of ether oxygens (including phenoxy) is 2. The number of fused-ring (bicyclic) bond motifs is 3. The van der Waals surface area contributed by atoms with Crippen LogP contribution in [0.25, 0.3) is 0 Å². The van der Waals surface area contributed by atoms with Crippen LogP contribution < -0.4 is 5.32 Å². The Balaban J connectivity index is 1.52. The van der Waals surface area contributed by atoms with E-state index in [4.69, 9.17) is 9.47 Å². The van der Waals surface area contributed by atoms with Crippen LogP contribution in [0.2, 0.25) is 0 Å². The van der Waals surface area contributed by atoms with E-state index < -0.39 is 6.29 Å². The average Bonchev–Trinajstić information content (AvgIpc) is 3.10. The van der Waals surface area contributed by atoms with Gasteiger partial charge in [0.05, 0.1) is 17.9 Å². The van der Waals surface area contributed by atoms with Crippen molar-refractivity contribution in [2.45, 2.75) is 44.9 Å². The number of nitrogens with one attached hydrogen (secondary N) is 1. The van der Waals surface area contributed by atoms with E-state index in [1.807, 2.05) is 0 Å². The van der Waals surface area contributed by atoms with E-state index in [0.717, 1.165) is 12.8 Å². The van der Waals surface area contributed by atoms with Gasteiger partial charge in [0.25, 0.3) is 12.2 Å². The van der Waals surface area contributed by atoms with Crippen molar-refractivity contribution < 1.29 is 19.1 Å². The minimum atomic E-state index is -0.713. The van der Waals surface area contributed by atoms with Crippen molar-refractivity contribution in [3.05, 3.63) is 35.1 Å². The van der Waals surface area contributed by atoms with Crippen LogP contribution in [-0.2, 0) is 19.1 Å². The molecule has 5 heteroatoms. The Hall–Kier alpha value is -2.04. The van der Waals surface area contributed by atoms with Gasteiger partial charge >= 0.3 is 5.97 Å². The summed E-state index contributed by atoms with van der Waals surface area (Å²) in [7, 11) is 0. The molecule has 0 spiro atoms. The first-order chi connectivity index (χ1) is 10.6. The lowest BCUT2D eigenvalue weighted by Gasteiger charge is -2.20. The van der Waals surface area contributed by atoms with Gasteiger partial charge in [-0.1, -0.05) is 6.08 Å². The molecule has 2 aliphatic heterocycles. The van der Waals surface area contributed by atoms with Gasteiger partial charge in [-0.3, -0.25) is 4.79 Å². The van der Waals surface area contributed by atoms with Crippen LogP contribution in [-0.4, -0.2) is 24.2 Å². The van der Waals surface area contributed by atoms with E-state index in [0.29, 0.717) is 17.1 Å². The van der Waals surface area contributed by atoms with Crippen LogP contribution in [0.1, 0.15) is 32.6 Å². The van der Waals surface area contributed by atoms with E-state index in [-0.39, 0.29) is 23.8 Å². The van der Waals surface area contributed by atoms with Crippen molar-refractivity contribution in [3.8, 4) is 0 Å². The normalized spacial score (nSPS) is 38.1. The van der Waals surface area contributed by atoms with Gasteiger partial charge in [-0.25, -0.2) is 4.79 Å². The maximum absolute atomic E-state index is 12.2. The smallest absolute Gasteiger partial charge is 0.336 e. The van der Waals surface area contributed by atoms with Crippen LogP contribution in [0.5, 0.6) is 0 Å². The Morgan fingerprint density at radius 2 is 2.27 bits per heavy atom. The number of hydrogen-bond acceptors (Lipinski definition) is 4. The van der Waals surface area contributed by atoms with Crippen LogP contribution in [0, 0.1) is 11.8 Å². The van der Waals surface area contributed by atoms with E-state index in [9.17, 15) is 9.59 Å². The van der Waals surface area contributed by atoms with Crippen LogP contribution in [0.3, 0.4) is 0 Å². The lowest BCUT2D eigenvalue weighted by molar-refractivity contribution is -0.152. The predicted molar refractivity (Wildman–Crippen MR) is 78.3 cm³/mol. The Kier molecular flexibility index (Phi) is 3.10. The summed E-state index contributed by atoms with van der Waals surface area (Å²) in [5.74, 6) is 0.349. The van der Waals surface area contributed by atoms with Gasteiger partial charge in [0.2, 0.25) is 0 Å². The van der Waals surface area contributed by atoms with E-state index >= 15 is 0 Å². The van der Waals surface area contributed by atoms with Crippen LogP contribution in [0.4, 0.5) is 0 Å². The fourth-order valence-electron chi connectivity index (χ4n) is 4.01. The SMILES string of the molecule is CC1=CC(OC=C2C(=O)NC3C4=CCCCC4CC23)OC1=O. The lowest BCUT2D eigenvalue weighted by Crippen LogP contribution is -2.28. The topological polar surface area (TPSA) is 64.6 Å². The first-order valence-corrected chi connectivity index (χ1v) is 7.89. The van der Waals surface area contributed by atoms with Gasteiger partial charge in [0.15, 0.2) is 0 Å². The highest BCUT2D eigenvalue weighted by Gasteiger charge is 2.48. The Bertz CT molecular complexity index is 631. The largest absolute Gasteiger partial charge is 0.458 e. The minimum Gasteiger partial charge on any atom is -0.458 e. The molecule has 0 aromatic rings. The van der Waals surface area contributed by atoms with Gasteiger partial charge in [-0.05, 0) is 44.1 Å². The maximum atomic E-state index is 12.2. The molecular weight excluding hydrogens is 282 g/mol. The standard InChI is InChI=1S/C17H19NO4/c1-9-6-14(22-17(9)20)21-8-13-12-7-10-4-2-3-5-11(10)15(12)18-16(13)19/h5-6,8,10,12,14-15H,2-4,7H2,1H3,(H,18,19). The molecule has 0 aromatic carbocycles. The summed E-state index contributed by atoms with van der Waals surface area (Å²) >= 11 is 0. The second kappa shape index (κ2) is 5.00. The first-order valence-electron chi connectivity index (χ1n) is 7.89. The van der Waals surface area contributed by atoms with Crippen molar-refractivity contribution in [1.29, 1.82) is 0 Å². The van der Waals surface area contributed by atoms with Crippen molar-refractivity contribution in [2.24, 2.45) is 11.8 Å². The summed E-state index contributed by atoms with van der Waals surface area (Å²) in [4.78, 5) is 23.5. The van der Waals surface area contributed by atoms with Crippen molar-refractivity contribution in [1.82, 2.24) is 5.32 Å². The molecule has 1 saturated heterocycles. The molecule has 2 fully saturated rings. The molecule has 2 aliphatic carbocycles. The molecule has 0 bridgehead atoms. The zero-order chi connectivity index (χ0) is 15.3. The number of rotatable bonds is 2. The van der Waals surface area contributed by atoms with Gasteiger partial charge < -0.3 is 14.8 Å². The molecule has 4 atom stereocenters. The third-order valence-electron chi connectivity index (χ3n) is 5.12. The summed E-state index contributed by atoms with van der Waals surface area (Å²) in [5, 5.41) is 3.08. The molecule has 4 rings (SSSR count). The molecule has 1 amide bonds. The fraction of sp³-hybridized carbons (Fsp3) is 0.529. The minimum absolute atomic E-state index is 0.0649. The molecule has 1 saturated carbocycles. The Morgan fingerprint density at radius 3 is 3.05 bits per heavy atom. The summed E-state index contributed by atoms with van der Waals surface area (Å²) in [6.07, 6.45) is 9.27. The van der Waals surface area contributed by atoms with E-state index in [1.54, 1.807) is 13.0 Å². The molecule has 1 N–H and O–H groups in total. The summed E-state index contributed by atoms with van der Waals surface area (Å²) in [6.45, 7) is 1.69. The van der Waals surface area contributed by atoms with Gasteiger partial charge in [0.1, 0.15) is 0 Å². The molecule has 2 heterocycles. The highest BCUT2D eigenvalue weighted by molar-refractivity contribution is 5.97. The quantitative estimate of drug-likeness (QED) is 0.366. The Morgan fingerprint density at radius 1 is 1.41 bits per heavy atom. The third kappa shape index (κ3) is 2.07. The molecule has 0 aromatic heterocycles. The fourth-order valence-corrected chi connectivity index (χ4v) is 4.01. The highest BCUT2D eigenvalue weighted by atomic mass is 16.7. The maximum Gasteiger partial charge on any atom is 0.336 e. The summed E-state index contributed by atoms with van der Waals surface area (Å²) < 4.78 is 10.5. The highest BCUT2D eigenvalue weighted by Crippen LogP contribution is 2.47. The number of cyclic esters (lactones) is 1. The molecule has 4 unspecified atom stereocenters. The second-order valence-corrected chi connectivity index (χ2v) is 6.46. The number of amides is 1. The monoisotopic (exact) mass is 301 g/mol. The van der Waals surface area contributed by atoms with Crippen molar-refractivity contribution in [2.75, 3.05) is 0 Å². The van der Waals surface area contributed by atoms with E-state index in [1.165, 1.54) is 24.7 Å². The molecule has 0 radical (unpaired) electrons. The Labute approximate surface area is 129 Å². The summed E-state index contributed by atoms with van der Waals surface area (Å²) in [6, 6.07) is 0.135. The van der Waals surface area contributed by atoms with Crippen LogP contribution >= 0.6 is 0 Å². The number of carbonyl (C=O) groups excluding carboxylic acids is 2. The summed E-state index contributed by atoms with van der Waals surface area (Å²) in [5.41, 5.74) is 2.61. The van der Waals surface area contributed by atoms with Crippen LogP contribution in [0.15, 0.2) is 35.1 Å². The van der Waals surface area contributed by atoms with Crippen molar-refractivity contribution >= 4 is 11.9 Å².